The largest absolute Gasteiger partial charge is 0.508 e. The van der Waals surface area contributed by atoms with Crippen LogP contribution in [0.1, 0.15) is 0 Å². The molecular weight excluding hydrogens is 270 g/mol. The zero-order valence-electron chi connectivity index (χ0n) is 11.3. The fourth-order valence-electron chi connectivity index (χ4n) is 2.13. The summed E-state index contributed by atoms with van der Waals surface area (Å²) >= 11 is 0. The predicted octanol–water partition coefficient (Wildman–Crippen LogP) is 3.10. The second-order valence-corrected chi connectivity index (χ2v) is 4.50. The zero-order valence-corrected chi connectivity index (χ0v) is 11.3. The van der Waals surface area contributed by atoms with Crippen LogP contribution in [-0.4, -0.2) is 17.4 Å². The van der Waals surface area contributed by atoms with Gasteiger partial charge in [-0.15, -0.1) is 0 Å². The summed E-state index contributed by atoms with van der Waals surface area (Å²) < 4.78 is 11.0. The SMILES string of the molecule is COc1ccc2oc(-c3ccc(O)cc3)c/c(=N\O)c2c1. The molecule has 1 aromatic heterocycles. The Bertz CT molecular complexity index is 850. The smallest absolute Gasteiger partial charge is 0.137 e. The molecule has 0 aliphatic rings. The van der Waals surface area contributed by atoms with Crippen LogP contribution in [0.3, 0.4) is 0 Å². The topological polar surface area (TPSA) is 75.2 Å². The predicted molar refractivity (Wildman–Crippen MR) is 77.2 cm³/mol. The van der Waals surface area contributed by atoms with E-state index in [9.17, 15) is 10.3 Å². The van der Waals surface area contributed by atoms with Gasteiger partial charge < -0.3 is 19.5 Å². The van der Waals surface area contributed by atoms with E-state index in [1.54, 1.807) is 55.6 Å². The van der Waals surface area contributed by atoms with Crippen molar-refractivity contribution in [2.24, 2.45) is 5.16 Å². The van der Waals surface area contributed by atoms with Gasteiger partial charge in [0.15, 0.2) is 0 Å². The molecule has 5 heteroatoms. The lowest BCUT2D eigenvalue weighted by atomic mass is 10.1. The number of methoxy groups -OCH3 is 1. The molecule has 106 valence electrons. The first-order valence-electron chi connectivity index (χ1n) is 6.30. The summed E-state index contributed by atoms with van der Waals surface area (Å²) in [5.41, 5.74) is 1.35. The Hall–Kier alpha value is -2.95. The van der Waals surface area contributed by atoms with Crippen LogP contribution in [0.25, 0.3) is 22.3 Å². The number of fused-ring (bicyclic) bond motifs is 1. The Morgan fingerprint density at radius 3 is 2.48 bits per heavy atom. The summed E-state index contributed by atoms with van der Waals surface area (Å²) in [4.78, 5) is 0. The summed E-state index contributed by atoms with van der Waals surface area (Å²) in [7, 11) is 1.57. The standard InChI is InChI=1S/C16H13NO4/c1-20-12-6-7-15-13(8-12)14(17-19)9-16(21-15)10-2-4-11(18)5-3-10/h2-9,18-19H,1H3/b17-14+. The number of nitrogens with zero attached hydrogens (tertiary/aromatic N) is 1. The Morgan fingerprint density at radius 1 is 1.05 bits per heavy atom. The third-order valence-corrected chi connectivity index (χ3v) is 3.21. The number of phenols is 1. The molecular formula is C16H13NO4. The fourth-order valence-corrected chi connectivity index (χ4v) is 2.13. The minimum atomic E-state index is 0.177. The monoisotopic (exact) mass is 283 g/mol. The van der Waals surface area contributed by atoms with Gasteiger partial charge in [0.2, 0.25) is 0 Å². The van der Waals surface area contributed by atoms with Gasteiger partial charge in [0.1, 0.15) is 28.2 Å². The van der Waals surface area contributed by atoms with E-state index in [1.807, 2.05) is 0 Å². The third-order valence-electron chi connectivity index (χ3n) is 3.21. The Kier molecular flexibility index (Phi) is 3.23. The molecule has 21 heavy (non-hydrogen) atoms. The number of benzene rings is 2. The molecule has 0 saturated carbocycles. The Morgan fingerprint density at radius 2 is 1.81 bits per heavy atom. The van der Waals surface area contributed by atoms with Crippen molar-refractivity contribution in [3.05, 3.63) is 53.9 Å². The first-order valence-corrected chi connectivity index (χ1v) is 6.30. The van der Waals surface area contributed by atoms with Crippen molar-refractivity contribution in [2.45, 2.75) is 0 Å². The zero-order chi connectivity index (χ0) is 14.8. The van der Waals surface area contributed by atoms with Gasteiger partial charge in [0, 0.05) is 11.6 Å². The molecule has 0 aliphatic heterocycles. The number of hydrogen-bond acceptors (Lipinski definition) is 5. The van der Waals surface area contributed by atoms with E-state index in [-0.39, 0.29) is 5.75 Å². The van der Waals surface area contributed by atoms with Crippen molar-refractivity contribution >= 4 is 11.0 Å². The van der Waals surface area contributed by atoms with Gasteiger partial charge in [0.05, 0.1) is 12.5 Å². The molecule has 5 nitrogen and oxygen atoms in total. The molecule has 1 heterocycles. The van der Waals surface area contributed by atoms with Crippen molar-refractivity contribution in [1.29, 1.82) is 0 Å². The summed E-state index contributed by atoms with van der Waals surface area (Å²) in [5, 5.41) is 22.9. The maximum atomic E-state index is 9.33. The minimum Gasteiger partial charge on any atom is -0.508 e. The molecule has 0 saturated heterocycles. The van der Waals surface area contributed by atoms with Crippen LogP contribution < -0.4 is 10.1 Å². The minimum absolute atomic E-state index is 0.177. The first-order chi connectivity index (χ1) is 10.2. The highest BCUT2D eigenvalue weighted by atomic mass is 16.5. The number of ether oxygens (including phenoxy) is 1. The van der Waals surface area contributed by atoms with Crippen molar-refractivity contribution in [2.75, 3.05) is 7.11 Å². The van der Waals surface area contributed by atoms with Crippen LogP contribution in [0.5, 0.6) is 11.5 Å². The second-order valence-electron chi connectivity index (χ2n) is 4.50. The number of aromatic hydroxyl groups is 1. The van der Waals surface area contributed by atoms with Crippen LogP contribution in [0.15, 0.2) is 58.1 Å². The Labute approximate surface area is 120 Å². The lowest BCUT2D eigenvalue weighted by Gasteiger charge is -2.06. The highest BCUT2D eigenvalue weighted by molar-refractivity contribution is 5.80. The first kappa shape index (κ1) is 13.1. The second kappa shape index (κ2) is 5.20. The van der Waals surface area contributed by atoms with Gasteiger partial charge >= 0.3 is 0 Å². The third kappa shape index (κ3) is 2.41. The van der Waals surface area contributed by atoms with E-state index in [0.717, 1.165) is 5.56 Å². The molecule has 0 radical (unpaired) electrons. The molecule has 0 bridgehead atoms. The van der Waals surface area contributed by atoms with Crippen molar-refractivity contribution < 1.29 is 19.5 Å². The average molecular weight is 283 g/mol. The lowest BCUT2D eigenvalue weighted by Crippen LogP contribution is -2.03. The average Bonchev–Trinajstić information content (AvgIpc) is 2.54. The number of hydrogen-bond donors (Lipinski definition) is 2. The van der Waals surface area contributed by atoms with E-state index in [4.69, 9.17) is 9.15 Å². The maximum Gasteiger partial charge on any atom is 0.137 e. The van der Waals surface area contributed by atoms with Crippen molar-refractivity contribution in [3.63, 3.8) is 0 Å². The molecule has 0 spiro atoms. The molecule has 3 aromatic rings. The summed E-state index contributed by atoms with van der Waals surface area (Å²) in [6.45, 7) is 0. The van der Waals surface area contributed by atoms with Crippen LogP contribution in [0, 0.1) is 0 Å². The lowest BCUT2D eigenvalue weighted by molar-refractivity contribution is 0.302. The van der Waals surface area contributed by atoms with E-state index in [0.29, 0.717) is 27.8 Å². The summed E-state index contributed by atoms with van der Waals surface area (Å²) in [6.07, 6.45) is 0. The summed E-state index contributed by atoms with van der Waals surface area (Å²) in [6, 6.07) is 13.5. The number of phenolic OH excluding ortho intramolecular Hbond substituents is 1. The van der Waals surface area contributed by atoms with Crippen LogP contribution in [0.4, 0.5) is 0 Å². The van der Waals surface area contributed by atoms with Gasteiger partial charge in [-0.05, 0) is 42.5 Å². The van der Waals surface area contributed by atoms with Crippen molar-refractivity contribution in [3.8, 4) is 22.8 Å². The normalized spacial score (nSPS) is 11.8. The maximum absolute atomic E-state index is 9.33. The van der Waals surface area contributed by atoms with E-state index in [2.05, 4.69) is 5.16 Å². The van der Waals surface area contributed by atoms with E-state index in [1.165, 1.54) is 0 Å². The molecule has 0 amide bonds. The van der Waals surface area contributed by atoms with Gasteiger partial charge in [-0.3, -0.25) is 0 Å². The molecule has 0 aliphatic carbocycles. The van der Waals surface area contributed by atoms with Gasteiger partial charge in [-0.2, -0.15) is 0 Å². The van der Waals surface area contributed by atoms with E-state index >= 15 is 0 Å². The molecule has 2 N–H and O–H groups in total. The van der Waals surface area contributed by atoms with Gasteiger partial charge in [-0.1, -0.05) is 5.16 Å². The van der Waals surface area contributed by atoms with Gasteiger partial charge in [-0.25, -0.2) is 0 Å². The highest BCUT2D eigenvalue weighted by Crippen LogP contribution is 2.25. The fraction of sp³-hybridized carbons (Fsp3) is 0.0625. The van der Waals surface area contributed by atoms with Crippen LogP contribution in [0.2, 0.25) is 0 Å². The highest BCUT2D eigenvalue weighted by Gasteiger charge is 2.07. The van der Waals surface area contributed by atoms with Crippen LogP contribution in [-0.2, 0) is 0 Å². The van der Waals surface area contributed by atoms with Crippen LogP contribution >= 0.6 is 0 Å². The molecule has 0 atom stereocenters. The Balaban J connectivity index is 2.25. The molecule has 2 aromatic carbocycles. The quantitative estimate of drug-likeness (QED) is 0.559. The molecule has 3 rings (SSSR count). The summed E-state index contributed by atoms with van der Waals surface area (Å²) in [5.74, 6) is 1.37. The van der Waals surface area contributed by atoms with Gasteiger partial charge in [0.25, 0.3) is 0 Å². The molecule has 0 unspecified atom stereocenters. The number of rotatable bonds is 2. The molecule has 0 fully saturated rings. The van der Waals surface area contributed by atoms with Crippen molar-refractivity contribution in [1.82, 2.24) is 0 Å². The van der Waals surface area contributed by atoms with E-state index < -0.39 is 0 Å².